The number of benzene rings is 4. The maximum atomic E-state index is 11.0. The smallest absolute Gasteiger partial charge is 0.122 e. The molecule has 0 amide bonds. The summed E-state index contributed by atoms with van der Waals surface area (Å²) < 4.78 is 0. The van der Waals surface area contributed by atoms with E-state index in [4.69, 9.17) is 0 Å². The van der Waals surface area contributed by atoms with Crippen molar-refractivity contribution in [2.45, 2.75) is 46.5 Å². The Hall–Kier alpha value is -3.92. The minimum atomic E-state index is 0.231. The number of hydrogen-bond acceptors (Lipinski definition) is 4. The Balaban J connectivity index is 1.68. The second kappa shape index (κ2) is 10.1. The molecule has 0 atom stereocenters. The van der Waals surface area contributed by atoms with Crippen LogP contribution in [0.4, 0.5) is 0 Å². The van der Waals surface area contributed by atoms with Crippen molar-refractivity contribution in [2.24, 2.45) is 0 Å². The maximum Gasteiger partial charge on any atom is 0.122 e. The molecule has 4 nitrogen and oxygen atoms in total. The van der Waals surface area contributed by atoms with Crippen molar-refractivity contribution in [3.05, 3.63) is 117 Å². The molecule has 0 saturated heterocycles. The van der Waals surface area contributed by atoms with Crippen molar-refractivity contribution < 1.29 is 20.4 Å². The molecule has 0 saturated carbocycles. The lowest BCUT2D eigenvalue weighted by Gasteiger charge is -2.17. The molecule has 0 aliphatic heterocycles. The predicted octanol–water partition coefficient (Wildman–Crippen LogP) is 6.46. The van der Waals surface area contributed by atoms with Gasteiger partial charge in [0.1, 0.15) is 23.0 Å². The van der Waals surface area contributed by atoms with Crippen molar-refractivity contribution in [1.29, 1.82) is 0 Å². The van der Waals surface area contributed by atoms with E-state index >= 15 is 0 Å². The molecule has 0 aliphatic carbocycles. The summed E-state index contributed by atoms with van der Waals surface area (Å²) >= 11 is 0. The van der Waals surface area contributed by atoms with E-state index < -0.39 is 0 Å². The van der Waals surface area contributed by atoms with E-state index in [1.165, 1.54) is 0 Å². The predicted molar refractivity (Wildman–Crippen MR) is 140 cm³/mol. The second-order valence-corrected chi connectivity index (χ2v) is 9.26. The molecular formula is C31H32O4. The first-order valence-electron chi connectivity index (χ1n) is 12.0. The summed E-state index contributed by atoms with van der Waals surface area (Å²) in [6, 6.07) is 20.3. The van der Waals surface area contributed by atoms with Crippen LogP contribution in [-0.2, 0) is 25.7 Å². The number of aromatic hydroxyl groups is 4. The fourth-order valence-corrected chi connectivity index (χ4v) is 4.60. The lowest BCUT2D eigenvalue weighted by molar-refractivity contribution is 0.459. The maximum absolute atomic E-state index is 11.0. The van der Waals surface area contributed by atoms with Crippen molar-refractivity contribution in [3.8, 4) is 23.0 Å². The first kappa shape index (κ1) is 24.2. The van der Waals surface area contributed by atoms with Crippen LogP contribution >= 0.6 is 0 Å². The van der Waals surface area contributed by atoms with Crippen molar-refractivity contribution in [1.82, 2.24) is 0 Å². The highest BCUT2D eigenvalue weighted by Gasteiger charge is 2.16. The molecule has 4 aromatic carbocycles. The SMILES string of the molecule is CCc1cc(O)c(Cc2cc(Cc3ccc(O)cc3)c(C)c(C)c2O)cc1Cc1ccc(O)cc1. The Labute approximate surface area is 206 Å². The van der Waals surface area contributed by atoms with Crippen LogP contribution in [0.1, 0.15) is 57.0 Å². The van der Waals surface area contributed by atoms with Crippen LogP contribution in [0.15, 0.2) is 66.7 Å². The molecular weight excluding hydrogens is 436 g/mol. The van der Waals surface area contributed by atoms with Gasteiger partial charge in [0.25, 0.3) is 0 Å². The number of hydrogen-bond donors (Lipinski definition) is 4. The van der Waals surface area contributed by atoms with Gasteiger partial charge in [-0.25, -0.2) is 0 Å². The molecule has 0 aliphatic rings. The van der Waals surface area contributed by atoms with Crippen LogP contribution in [0, 0.1) is 13.8 Å². The molecule has 0 aromatic heterocycles. The average molecular weight is 469 g/mol. The molecule has 4 heteroatoms. The summed E-state index contributed by atoms with van der Waals surface area (Å²) in [4.78, 5) is 0. The van der Waals surface area contributed by atoms with Gasteiger partial charge in [0.2, 0.25) is 0 Å². The van der Waals surface area contributed by atoms with Crippen LogP contribution in [0.5, 0.6) is 23.0 Å². The largest absolute Gasteiger partial charge is 0.508 e. The molecule has 0 bridgehead atoms. The van der Waals surface area contributed by atoms with Gasteiger partial charge >= 0.3 is 0 Å². The molecule has 4 aromatic rings. The molecule has 0 radical (unpaired) electrons. The summed E-state index contributed by atoms with van der Waals surface area (Å²) in [7, 11) is 0. The van der Waals surface area contributed by atoms with Gasteiger partial charge in [0, 0.05) is 6.42 Å². The summed E-state index contributed by atoms with van der Waals surface area (Å²) in [5, 5.41) is 41.0. The van der Waals surface area contributed by atoms with Crippen molar-refractivity contribution >= 4 is 0 Å². The quantitative estimate of drug-likeness (QED) is 0.251. The number of aryl methyl sites for hydroxylation is 1. The van der Waals surface area contributed by atoms with Crippen LogP contribution in [-0.4, -0.2) is 20.4 Å². The van der Waals surface area contributed by atoms with E-state index in [2.05, 4.69) is 6.92 Å². The molecule has 180 valence electrons. The van der Waals surface area contributed by atoms with E-state index in [1.807, 2.05) is 56.3 Å². The first-order valence-corrected chi connectivity index (χ1v) is 12.0. The van der Waals surface area contributed by atoms with Gasteiger partial charge in [-0.05, 0) is 114 Å². The summed E-state index contributed by atoms with van der Waals surface area (Å²) in [6.07, 6.45) is 2.59. The van der Waals surface area contributed by atoms with Crippen LogP contribution in [0.2, 0.25) is 0 Å². The third-order valence-electron chi connectivity index (χ3n) is 6.88. The molecule has 4 N–H and O–H groups in total. The third-order valence-corrected chi connectivity index (χ3v) is 6.88. The Morgan fingerprint density at radius 3 is 1.57 bits per heavy atom. The van der Waals surface area contributed by atoms with E-state index in [0.717, 1.165) is 56.5 Å². The molecule has 0 spiro atoms. The third kappa shape index (κ3) is 5.43. The molecule has 35 heavy (non-hydrogen) atoms. The Kier molecular flexibility index (Phi) is 7.02. The lowest BCUT2D eigenvalue weighted by Crippen LogP contribution is -2.02. The number of phenolic OH excluding ortho intramolecular Hbond substituents is 4. The molecule has 4 rings (SSSR count). The topological polar surface area (TPSA) is 80.9 Å². The zero-order valence-corrected chi connectivity index (χ0v) is 20.5. The van der Waals surface area contributed by atoms with Gasteiger partial charge in [-0.15, -0.1) is 0 Å². The molecule has 0 fully saturated rings. The molecule has 0 unspecified atom stereocenters. The lowest BCUT2D eigenvalue weighted by atomic mass is 9.89. The van der Waals surface area contributed by atoms with Gasteiger partial charge in [-0.2, -0.15) is 0 Å². The number of phenols is 4. The van der Waals surface area contributed by atoms with Gasteiger partial charge < -0.3 is 20.4 Å². The fraction of sp³-hybridized carbons (Fsp3) is 0.226. The van der Waals surface area contributed by atoms with Crippen LogP contribution in [0.25, 0.3) is 0 Å². The Morgan fingerprint density at radius 1 is 0.514 bits per heavy atom. The van der Waals surface area contributed by atoms with Crippen LogP contribution in [0.3, 0.4) is 0 Å². The van der Waals surface area contributed by atoms with Crippen molar-refractivity contribution in [2.75, 3.05) is 0 Å². The minimum absolute atomic E-state index is 0.231. The molecule has 0 heterocycles. The average Bonchev–Trinajstić information content (AvgIpc) is 2.85. The summed E-state index contributed by atoms with van der Waals surface area (Å²) in [6.45, 7) is 6.00. The highest BCUT2D eigenvalue weighted by atomic mass is 16.3. The van der Waals surface area contributed by atoms with Gasteiger partial charge in [0.05, 0.1) is 0 Å². The number of rotatable bonds is 7. The highest BCUT2D eigenvalue weighted by molar-refractivity contribution is 5.54. The second-order valence-electron chi connectivity index (χ2n) is 9.26. The van der Waals surface area contributed by atoms with E-state index in [9.17, 15) is 20.4 Å². The zero-order valence-electron chi connectivity index (χ0n) is 20.5. The normalized spacial score (nSPS) is 11.1. The highest BCUT2D eigenvalue weighted by Crippen LogP contribution is 2.34. The zero-order chi connectivity index (χ0) is 25.1. The van der Waals surface area contributed by atoms with Gasteiger partial charge in [-0.1, -0.05) is 43.3 Å². The van der Waals surface area contributed by atoms with E-state index in [0.29, 0.717) is 19.3 Å². The summed E-state index contributed by atoms with van der Waals surface area (Å²) in [5.74, 6) is 0.969. The Morgan fingerprint density at radius 2 is 1.03 bits per heavy atom. The van der Waals surface area contributed by atoms with E-state index in [1.54, 1.807) is 24.3 Å². The van der Waals surface area contributed by atoms with Crippen molar-refractivity contribution in [3.63, 3.8) is 0 Å². The monoisotopic (exact) mass is 468 g/mol. The van der Waals surface area contributed by atoms with E-state index in [-0.39, 0.29) is 23.0 Å². The van der Waals surface area contributed by atoms with Gasteiger partial charge in [0.15, 0.2) is 0 Å². The first-order chi connectivity index (χ1) is 16.7. The standard InChI is InChI=1S/C31H32O4/c1-4-23-18-30(34)26(16-25(23)14-22-7-11-29(33)12-8-22)17-27-15-24(19(2)20(3)31(27)35)13-21-5-9-28(32)10-6-21/h5-12,15-16,18,32-35H,4,13-14,17H2,1-3H3. The fourth-order valence-electron chi connectivity index (χ4n) is 4.60. The van der Waals surface area contributed by atoms with Gasteiger partial charge in [-0.3, -0.25) is 0 Å². The van der Waals surface area contributed by atoms with Crippen LogP contribution < -0.4 is 0 Å². The minimum Gasteiger partial charge on any atom is -0.508 e. The Bertz CT molecular complexity index is 1340. The summed E-state index contributed by atoms with van der Waals surface area (Å²) in [5.41, 5.74) is 8.89.